The molecule has 0 saturated heterocycles. The number of thiocarbonyl (C=S) groups is 1. The number of ether oxygens (including phenoxy) is 3. The van der Waals surface area contributed by atoms with Crippen molar-refractivity contribution in [3.63, 3.8) is 0 Å². The number of rotatable bonds is 7. The Morgan fingerprint density at radius 3 is 2.20 bits per heavy atom. The highest BCUT2D eigenvalue weighted by Gasteiger charge is 2.17. The number of carbonyl (C=O) groups excluding carboxylic acids is 1. The summed E-state index contributed by atoms with van der Waals surface area (Å²) in [6.07, 6.45) is 0.441. The first-order valence-electron chi connectivity index (χ1n) is 5.90. The summed E-state index contributed by atoms with van der Waals surface area (Å²) < 4.78 is 15.5. The summed E-state index contributed by atoms with van der Waals surface area (Å²) in [5, 5.41) is 2.71. The zero-order chi connectivity index (χ0) is 15.1. The van der Waals surface area contributed by atoms with Crippen molar-refractivity contribution >= 4 is 23.1 Å². The Morgan fingerprint density at radius 2 is 1.70 bits per heavy atom. The molecule has 1 rings (SSSR count). The topological polar surface area (TPSA) is 82.8 Å². The van der Waals surface area contributed by atoms with E-state index in [1.165, 1.54) is 21.3 Å². The first kappa shape index (κ1) is 16.0. The lowest BCUT2D eigenvalue weighted by molar-refractivity contribution is 0.0951. The fraction of sp³-hybridized carbons (Fsp3) is 0.385. The van der Waals surface area contributed by atoms with Gasteiger partial charge in [0, 0.05) is 25.1 Å². The third-order valence-electron chi connectivity index (χ3n) is 2.61. The molecular formula is C13H18N2O4S. The van der Waals surface area contributed by atoms with Crippen LogP contribution in [0.25, 0.3) is 0 Å². The van der Waals surface area contributed by atoms with E-state index < -0.39 is 0 Å². The van der Waals surface area contributed by atoms with Crippen molar-refractivity contribution in [2.24, 2.45) is 5.73 Å². The van der Waals surface area contributed by atoms with Gasteiger partial charge in [0.05, 0.1) is 31.9 Å². The van der Waals surface area contributed by atoms with Gasteiger partial charge in [-0.2, -0.15) is 0 Å². The van der Waals surface area contributed by atoms with Crippen LogP contribution < -0.4 is 25.3 Å². The van der Waals surface area contributed by atoms with E-state index in [0.29, 0.717) is 40.8 Å². The van der Waals surface area contributed by atoms with Crippen LogP contribution in [0.4, 0.5) is 0 Å². The van der Waals surface area contributed by atoms with Gasteiger partial charge in [-0.05, 0) is 0 Å². The lowest BCUT2D eigenvalue weighted by Gasteiger charge is -2.14. The first-order chi connectivity index (χ1) is 9.53. The van der Waals surface area contributed by atoms with Gasteiger partial charge in [-0.1, -0.05) is 12.2 Å². The summed E-state index contributed by atoms with van der Waals surface area (Å²) in [5.74, 6) is 1.05. The second-order valence-corrected chi connectivity index (χ2v) is 4.40. The summed E-state index contributed by atoms with van der Waals surface area (Å²) in [6.45, 7) is 0.367. The molecule has 20 heavy (non-hydrogen) atoms. The van der Waals surface area contributed by atoms with E-state index in [1.807, 2.05) is 0 Å². The van der Waals surface area contributed by atoms with E-state index in [-0.39, 0.29) is 5.91 Å². The minimum absolute atomic E-state index is 0.293. The van der Waals surface area contributed by atoms with Gasteiger partial charge in [-0.3, -0.25) is 4.79 Å². The average Bonchev–Trinajstić information content (AvgIpc) is 2.45. The van der Waals surface area contributed by atoms with Gasteiger partial charge in [0.15, 0.2) is 11.5 Å². The summed E-state index contributed by atoms with van der Waals surface area (Å²) in [7, 11) is 4.49. The van der Waals surface area contributed by atoms with Crippen LogP contribution in [0.1, 0.15) is 16.8 Å². The van der Waals surface area contributed by atoms with Gasteiger partial charge in [-0.25, -0.2) is 0 Å². The van der Waals surface area contributed by atoms with Gasteiger partial charge in [-0.15, -0.1) is 0 Å². The highest BCUT2D eigenvalue weighted by molar-refractivity contribution is 7.80. The Kier molecular flexibility index (Phi) is 6.05. The van der Waals surface area contributed by atoms with E-state index in [9.17, 15) is 4.79 Å². The number of carbonyl (C=O) groups is 1. The zero-order valence-corrected chi connectivity index (χ0v) is 12.5. The zero-order valence-electron chi connectivity index (χ0n) is 11.7. The van der Waals surface area contributed by atoms with Crippen molar-refractivity contribution in [1.82, 2.24) is 5.32 Å². The van der Waals surface area contributed by atoms with Crippen LogP contribution in [-0.2, 0) is 0 Å². The molecule has 1 amide bonds. The van der Waals surface area contributed by atoms with E-state index in [2.05, 4.69) is 5.32 Å². The second-order valence-electron chi connectivity index (χ2n) is 3.88. The summed E-state index contributed by atoms with van der Waals surface area (Å²) in [6, 6.07) is 3.16. The van der Waals surface area contributed by atoms with E-state index in [1.54, 1.807) is 12.1 Å². The molecule has 0 unspecified atom stereocenters. The molecule has 0 aliphatic carbocycles. The molecule has 0 aliphatic rings. The molecule has 0 radical (unpaired) electrons. The number of nitrogens with two attached hydrogens (primary N) is 1. The van der Waals surface area contributed by atoms with Gasteiger partial charge in [0.1, 0.15) is 5.75 Å². The maximum atomic E-state index is 12.1. The normalized spacial score (nSPS) is 9.75. The fourth-order valence-electron chi connectivity index (χ4n) is 1.60. The molecule has 1 aromatic rings. The van der Waals surface area contributed by atoms with Crippen LogP contribution in [-0.4, -0.2) is 38.8 Å². The van der Waals surface area contributed by atoms with Crippen molar-refractivity contribution < 1.29 is 19.0 Å². The molecule has 0 saturated carbocycles. The van der Waals surface area contributed by atoms with Crippen LogP contribution in [0.3, 0.4) is 0 Å². The van der Waals surface area contributed by atoms with Crippen LogP contribution in [0.15, 0.2) is 12.1 Å². The molecule has 1 aromatic carbocycles. The molecule has 0 aliphatic heterocycles. The maximum absolute atomic E-state index is 12.1. The lowest BCUT2D eigenvalue weighted by atomic mass is 10.1. The van der Waals surface area contributed by atoms with E-state index in [0.717, 1.165) is 0 Å². The first-order valence-corrected chi connectivity index (χ1v) is 6.30. The standard InChI is InChI=1S/C13H18N2O4S/c1-17-9-7-11(19-3)10(18-2)6-8(9)13(16)15-5-4-12(14)20/h6-7H,4-5H2,1-3H3,(H2,14,20)(H,15,16). The fourth-order valence-corrected chi connectivity index (χ4v) is 1.70. The number of nitrogens with one attached hydrogen (secondary N) is 1. The molecule has 6 nitrogen and oxygen atoms in total. The molecule has 0 fully saturated rings. The SMILES string of the molecule is COc1cc(OC)c(C(=O)NCCC(N)=S)cc1OC. The van der Waals surface area contributed by atoms with Gasteiger partial charge in [0.2, 0.25) is 0 Å². The van der Waals surface area contributed by atoms with Crippen LogP contribution in [0.5, 0.6) is 17.2 Å². The van der Waals surface area contributed by atoms with Crippen molar-refractivity contribution in [3.8, 4) is 17.2 Å². The van der Waals surface area contributed by atoms with Crippen LogP contribution >= 0.6 is 12.2 Å². The summed E-state index contributed by atoms with van der Waals surface area (Å²) in [4.78, 5) is 12.5. The Bertz CT molecular complexity index is 505. The Morgan fingerprint density at radius 1 is 1.15 bits per heavy atom. The number of amides is 1. The highest BCUT2D eigenvalue weighted by Crippen LogP contribution is 2.34. The lowest BCUT2D eigenvalue weighted by Crippen LogP contribution is -2.27. The third kappa shape index (κ3) is 3.99. The molecule has 0 spiro atoms. The molecule has 0 bridgehead atoms. The molecule has 0 aromatic heterocycles. The van der Waals surface area contributed by atoms with E-state index in [4.69, 9.17) is 32.2 Å². The van der Waals surface area contributed by atoms with Crippen molar-refractivity contribution in [2.45, 2.75) is 6.42 Å². The van der Waals surface area contributed by atoms with Crippen molar-refractivity contribution in [3.05, 3.63) is 17.7 Å². The number of hydrogen-bond donors (Lipinski definition) is 2. The Hall–Kier alpha value is -2.02. The quantitative estimate of drug-likeness (QED) is 0.734. The smallest absolute Gasteiger partial charge is 0.255 e. The predicted molar refractivity (Wildman–Crippen MR) is 79.8 cm³/mol. The number of benzene rings is 1. The molecule has 3 N–H and O–H groups in total. The minimum Gasteiger partial charge on any atom is -0.496 e. The summed E-state index contributed by atoms with van der Waals surface area (Å²) in [5.41, 5.74) is 5.73. The third-order valence-corrected chi connectivity index (χ3v) is 2.81. The van der Waals surface area contributed by atoms with Crippen molar-refractivity contribution in [2.75, 3.05) is 27.9 Å². The molecule has 0 atom stereocenters. The predicted octanol–water partition coefficient (Wildman–Crippen LogP) is 1.12. The minimum atomic E-state index is -0.293. The molecule has 110 valence electrons. The van der Waals surface area contributed by atoms with E-state index >= 15 is 0 Å². The van der Waals surface area contributed by atoms with Crippen LogP contribution in [0.2, 0.25) is 0 Å². The number of methoxy groups -OCH3 is 3. The average molecular weight is 298 g/mol. The Labute approximate surface area is 123 Å². The monoisotopic (exact) mass is 298 g/mol. The van der Waals surface area contributed by atoms with Gasteiger partial charge < -0.3 is 25.3 Å². The highest BCUT2D eigenvalue weighted by atomic mass is 32.1. The van der Waals surface area contributed by atoms with Gasteiger partial charge >= 0.3 is 0 Å². The second kappa shape index (κ2) is 7.54. The van der Waals surface area contributed by atoms with Gasteiger partial charge in [0.25, 0.3) is 5.91 Å². The molecule has 0 heterocycles. The Balaban J connectivity index is 2.97. The molecular weight excluding hydrogens is 280 g/mol. The van der Waals surface area contributed by atoms with Crippen molar-refractivity contribution in [1.29, 1.82) is 0 Å². The molecule has 7 heteroatoms. The number of hydrogen-bond acceptors (Lipinski definition) is 5. The maximum Gasteiger partial charge on any atom is 0.255 e. The summed E-state index contributed by atoms with van der Waals surface area (Å²) >= 11 is 4.75. The largest absolute Gasteiger partial charge is 0.496 e. The van der Waals surface area contributed by atoms with Crippen LogP contribution in [0, 0.1) is 0 Å².